The van der Waals surface area contributed by atoms with Crippen molar-refractivity contribution in [2.45, 2.75) is 19.9 Å². The number of methoxy groups -OCH3 is 2. The highest BCUT2D eigenvalue weighted by atomic mass is 79.9. The van der Waals surface area contributed by atoms with Gasteiger partial charge in [-0.3, -0.25) is 19.5 Å². The maximum atomic E-state index is 13.8. The van der Waals surface area contributed by atoms with Gasteiger partial charge < -0.3 is 19.3 Å². The number of rotatable bonds is 7. The van der Waals surface area contributed by atoms with Crippen LogP contribution in [-0.4, -0.2) is 41.4 Å². The lowest BCUT2D eigenvalue weighted by Crippen LogP contribution is -2.40. The molecule has 1 aliphatic rings. The minimum Gasteiger partial charge on any atom is -0.501 e. The maximum absolute atomic E-state index is 13.8. The van der Waals surface area contributed by atoms with E-state index in [4.69, 9.17) is 14.2 Å². The molecule has 1 N–H and O–H groups in total. The van der Waals surface area contributed by atoms with Crippen LogP contribution in [0.4, 0.5) is 5.69 Å². The highest BCUT2D eigenvalue weighted by Crippen LogP contribution is 2.38. The number of aromatic nitrogens is 1. The van der Waals surface area contributed by atoms with Gasteiger partial charge in [0.1, 0.15) is 17.5 Å². The molecule has 3 aromatic rings. The number of carbonyl (C=O) groups is 1. The predicted octanol–water partition coefficient (Wildman–Crippen LogP) is 3.19. The summed E-state index contributed by atoms with van der Waals surface area (Å²) in [6.07, 6.45) is 1.46. The van der Waals surface area contributed by atoms with E-state index in [0.29, 0.717) is 33.1 Å². The standard InChI is InChI=1S/C25H22BrN3O8S/c1-5-37-24(32)20-12(2)27-25-28(21(20)15-11-14(35-3)6-7-18(15)36-4)23(31)19(38-25)10-13-8-16(26)22(30)17(9-13)29(33)34/h6-11,21,30H,5H2,1-4H3/b19-10-/t21-/m1/s1. The van der Waals surface area contributed by atoms with Crippen molar-refractivity contribution in [2.75, 3.05) is 20.8 Å². The predicted molar refractivity (Wildman–Crippen MR) is 142 cm³/mol. The highest BCUT2D eigenvalue weighted by Gasteiger charge is 2.35. The van der Waals surface area contributed by atoms with Gasteiger partial charge in [0, 0.05) is 11.6 Å². The average Bonchev–Trinajstić information content (AvgIpc) is 3.18. The summed E-state index contributed by atoms with van der Waals surface area (Å²) < 4.78 is 17.9. The molecule has 1 aromatic heterocycles. The molecule has 0 amide bonds. The SMILES string of the molecule is CCOC(=O)C1=C(C)N=c2s/c(=C\c3cc(Br)c(O)c([N+](=O)[O-])c3)c(=O)n2[C@@H]1c1cc(OC)ccc1OC. The Morgan fingerprint density at radius 3 is 2.66 bits per heavy atom. The first-order valence-corrected chi connectivity index (χ1v) is 12.8. The minimum atomic E-state index is -0.946. The molecule has 0 unspecified atom stereocenters. The number of hydrogen-bond donors (Lipinski definition) is 1. The van der Waals surface area contributed by atoms with E-state index in [0.717, 1.165) is 17.4 Å². The molecule has 38 heavy (non-hydrogen) atoms. The summed E-state index contributed by atoms with van der Waals surface area (Å²) in [5.41, 5.74) is 0.334. The third kappa shape index (κ3) is 4.82. The van der Waals surface area contributed by atoms with Gasteiger partial charge >= 0.3 is 11.7 Å². The Balaban J connectivity index is 2.02. The highest BCUT2D eigenvalue weighted by molar-refractivity contribution is 9.10. The Hall–Kier alpha value is -3.97. The maximum Gasteiger partial charge on any atom is 0.338 e. The first kappa shape index (κ1) is 27.1. The number of nitrogens with zero attached hydrogens (tertiary/aromatic N) is 3. The van der Waals surface area contributed by atoms with Crippen molar-refractivity contribution in [1.82, 2.24) is 4.57 Å². The molecule has 0 radical (unpaired) electrons. The number of aromatic hydroxyl groups is 1. The molecule has 4 rings (SSSR count). The molecule has 2 aromatic carbocycles. The lowest BCUT2D eigenvalue weighted by molar-refractivity contribution is -0.386. The summed E-state index contributed by atoms with van der Waals surface area (Å²) in [6, 6.07) is 6.73. The summed E-state index contributed by atoms with van der Waals surface area (Å²) in [4.78, 5) is 42.4. The van der Waals surface area contributed by atoms with Gasteiger partial charge in [0.15, 0.2) is 4.80 Å². The Bertz CT molecular complexity index is 1670. The van der Waals surface area contributed by atoms with Gasteiger partial charge in [0.25, 0.3) is 5.56 Å². The van der Waals surface area contributed by atoms with E-state index in [9.17, 15) is 24.8 Å². The number of allylic oxidation sites excluding steroid dienone is 1. The number of phenolic OH excluding ortho intramolecular Hbond substituents is 1. The molecule has 0 spiro atoms. The summed E-state index contributed by atoms with van der Waals surface area (Å²) in [7, 11) is 2.98. The Kier molecular flexibility index (Phi) is 7.69. The number of nitro groups is 1. The average molecular weight is 604 g/mol. The molecule has 0 aliphatic carbocycles. The van der Waals surface area contributed by atoms with Crippen LogP contribution in [0.2, 0.25) is 0 Å². The lowest BCUT2D eigenvalue weighted by atomic mass is 9.94. The van der Waals surface area contributed by atoms with Crippen molar-refractivity contribution in [3.63, 3.8) is 0 Å². The Labute approximate surface area is 228 Å². The smallest absolute Gasteiger partial charge is 0.338 e. The van der Waals surface area contributed by atoms with E-state index in [-0.39, 0.29) is 21.2 Å². The van der Waals surface area contributed by atoms with Crippen molar-refractivity contribution in [2.24, 2.45) is 4.99 Å². The number of ether oxygens (including phenoxy) is 3. The van der Waals surface area contributed by atoms with Gasteiger partial charge in [-0.2, -0.15) is 0 Å². The first-order valence-electron chi connectivity index (χ1n) is 11.2. The second-order valence-electron chi connectivity index (χ2n) is 8.04. The Morgan fingerprint density at radius 1 is 1.29 bits per heavy atom. The number of halogens is 1. The van der Waals surface area contributed by atoms with E-state index < -0.39 is 33.9 Å². The van der Waals surface area contributed by atoms with Crippen LogP contribution in [0.15, 0.2) is 55.9 Å². The molecule has 0 fully saturated rings. The number of nitro benzene ring substituents is 1. The summed E-state index contributed by atoms with van der Waals surface area (Å²) in [5.74, 6) is -0.244. The normalized spacial score (nSPS) is 15.1. The second kappa shape index (κ2) is 10.8. The van der Waals surface area contributed by atoms with E-state index in [2.05, 4.69) is 20.9 Å². The number of thiazole rings is 1. The molecule has 2 heterocycles. The number of fused-ring (bicyclic) bond motifs is 1. The molecule has 13 heteroatoms. The Morgan fingerprint density at radius 2 is 2.03 bits per heavy atom. The summed E-state index contributed by atoms with van der Waals surface area (Å²) in [5, 5.41) is 21.4. The molecular formula is C25H22BrN3O8S. The van der Waals surface area contributed by atoms with Crippen molar-refractivity contribution in [3.05, 3.63) is 87.0 Å². The van der Waals surface area contributed by atoms with Crippen LogP contribution in [0.1, 0.15) is 31.0 Å². The van der Waals surface area contributed by atoms with Gasteiger partial charge in [-0.1, -0.05) is 11.3 Å². The van der Waals surface area contributed by atoms with Gasteiger partial charge in [0.05, 0.1) is 46.0 Å². The van der Waals surface area contributed by atoms with Crippen LogP contribution in [0.25, 0.3) is 6.08 Å². The molecular weight excluding hydrogens is 582 g/mol. The number of hydrogen-bond acceptors (Lipinski definition) is 10. The zero-order valence-corrected chi connectivity index (χ0v) is 23.1. The fourth-order valence-corrected chi connectivity index (χ4v) is 5.63. The third-order valence-corrected chi connectivity index (χ3v) is 7.40. The fraction of sp³-hybridized carbons (Fsp3) is 0.240. The first-order chi connectivity index (χ1) is 18.1. The van der Waals surface area contributed by atoms with Crippen LogP contribution < -0.4 is 24.4 Å². The van der Waals surface area contributed by atoms with E-state index in [1.54, 1.807) is 32.0 Å². The molecule has 1 atom stereocenters. The summed E-state index contributed by atoms with van der Waals surface area (Å²) >= 11 is 4.17. The van der Waals surface area contributed by atoms with E-state index >= 15 is 0 Å². The molecule has 0 saturated carbocycles. The second-order valence-corrected chi connectivity index (χ2v) is 9.90. The fourth-order valence-electron chi connectivity index (χ4n) is 4.12. The monoisotopic (exact) mass is 603 g/mol. The minimum absolute atomic E-state index is 0.102. The zero-order valence-electron chi connectivity index (χ0n) is 20.7. The van der Waals surface area contributed by atoms with Crippen molar-refractivity contribution >= 4 is 45.0 Å². The van der Waals surface area contributed by atoms with E-state index in [1.165, 1.54) is 30.9 Å². The topological polar surface area (TPSA) is 142 Å². The van der Waals surface area contributed by atoms with Gasteiger partial charge in [-0.05, 0) is 65.7 Å². The number of phenols is 1. The number of esters is 1. The van der Waals surface area contributed by atoms with Crippen molar-refractivity contribution in [3.8, 4) is 17.2 Å². The van der Waals surface area contributed by atoms with E-state index in [1.807, 2.05) is 0 Å². The third-order valence-electron chi connectivity index (χ3n) is 5.81. The molecule has 11 nitrogen and oxygen atoms in total. The van der Waals surface area contributed by atoms with Crippen LogP contribution in [0.5, 0.6) is 17.2 Å². The van der Waals surface area contributed by atoms with Crippen molar-refractivity contribution < 1.29 is 29.0 Å². The van der Waals surface area contributed by atoms with Crippen LogP contribution >= 0.6 is 27.3 Å². The molecule has 0 bridgehead atoms. The zero-order chi connectivity index (χ0) is 27.7. The molecule has 198 valence electrons. The lowest BCUT2D eigenvalue weighted by Gasteiger charge is -2.26. The van der Waals surface area contributed by atoms with Crippen LogP contribution in [0.3, 0.4) is 0 Å². The van der Waals surface area contributed by atoms with Crippen molar-refractivity contribution in [1.29, 1.82) is 0 Å². The molecule has 1 aliphatic heterocycles. The quantitative estimate of drug-likeness (QED) is 0.246. The van der Waals surface area contributed by atoms with Crippen LogP contribution in [-0.2, 0) is 9.53 Å². The van der Waals surface area contributed by atoms with Gasteiger partial charge in [-0.25, -0.2) is 9.79 Å². The molecule has 0 saturated heterocycles. The van der Waals surface area contributed by atoms with Crippen LogP contribution in [0, 0.1) is 10.1 Å². The summed E-state index contributed by atoms with van der Waals surface area (Å²) in [6.45, 7) is 3.46. The number of carbonyl (C=O) groups excluding carboxylic acids is 1. The van der Waals surface area contributed by atoms with Gasteiger partial charge in [0.2, 0.25) is 5.75 Å². The largest absolute Gasteiger partial charge is 0.501 e. The number of benzene rings is 2. The van der Waals surface area contributed by atoms with Gasteiger partial charge in [-0.15, -0.1) is 0 Å².